The third kappa shape index (κ3) is 6.23. The summed E-state index contributed by atoms with van der Waals surface area (Å²) in [6.45, 7) is 1.64. The number of halogens is 1. The first kappa shape index (κ1) is 21.2. The van der Waals surface area contributed by atoms with Crippen molar-refractivity contribution >= 4 is 41.3 Å². The molecule has 0 fully saturated rings. The molecule has 1 N–H and O–H groups in total. The van der Waals surface area contributed by atoms with Gasteiger partial charge in [-0.15, -0.1) is 35.3 Å². The molecule has 1 aliphatic carbocycles. The number of thiazole rings is 1. The Balaban J connectivity index is 0.00000243. The second kappa shape index (κ2) is 10.9. The Labute approximate surface area is 178 Å². The molecule has 1 aliphatic rings. The average Bonchev–Trinajstić information content (AvgIpc) is 3.04. The van der Waals surface area contributed by atoms with E-state index in [1.807, 2.05) is 36.4 Å². The molecular weight excluding hydrogens is 455 g/mol. The largest absolute Gasteiger partial charge is 0.356 e. The molecule has 1 aromatic heterocycles. The van der Waals surface area contributed by atoms with Crippen molar-refractivity contribution in [3.05, 3.63) is 51.5 Å². The van der Waals surface area contributed by atoms with E-state index in [4.69, 9.17) is 9.98 Å². The molecule has 0 saturated carbocycles. The standard InChI is InChI=1S/C20H28N4S.HI/c1-24(2)20(22-15-16-9-4-3-5-10-16)21-14-8-13-19-23-17-11-6-7-12-18(17)25-19;/h3-5,9-10H,6-8,11-15H2,1-2H3,(H,21,22);1H. The highest BCUT2D eigenvalue weighted by Crippen LogP contribution is 2.27. The van der Waals surface area contributed by atoms with E-state index in [9.17, 15) is 0 Å². The van der Waals surface area contributed by atoms with Crippen LogP contribution >= 0.6 is 35.3 Å². The fraction of sp³-hybridized carbons (Fsp3) is 0.500. The van der Waals surface area contributed by atoms with Crippen LogP contribution in [-0.2, 0) is 25.8 Å². The van der Waals surface area contributed by atoms with Gasteiger partial charge in [-0.25, -0.2) is 9.98 Å². The minimum absolute atomic E-state index is 0. The average molecular weight is 484 g/mol. The van der Waals surface area contributed by atoms with Crippen LogP contribution in [0.1, 0.15) is 40.4 Å². The molecule has 3 rings (SSSR count). The van der Waals surface area contributed by atoms with Crippen molar-refractivity contribution in [2.24, 2.45) is 4.99 Å². The molecule has 0 unspecified atom stereocenters. The SMILES string of the molecule is CN(C)C(=NCc1ccccc1)NCCCc1nc2c(s1)CCCC2.I. The lowest BCUT2D eigenvalue weighted by atomic mass is 10.0. The molecule has 0 radical (unpaired) electrons. The van der Waals surface area contributed by atoms with Crippen LogP contribution in [0.3, 0.4) is 0 Å². The number of nitrogens with zero attached hydrogens (tertiary/aromatic N) is 3. The van der Waals surface area contributed by atoms with Gasteiger partial charge in [-0.2, -0.15) is 0 Å². The molecule has 1 heterocycles. The maximum Gasteiger partial charge on any atom is 0.193 e. The van der Waals surface area contributed by atoms with Crippen LogP contribution in [-0.4, -0.2) is 36.5 Å². The summed E-state index contributed by atoms with van der Waals surface area (Å²) in [5, 5.41) is 4.78. The van der Waals surface area contributed by atoms with Gasteiger partial charge < -0.3 is 10.2 Å². The smallest absolute Gasteiger partial charge is 0.193 e. The van der Waals surface area contributed by atoms with Crippen molar-refractivity contribution in [1.82, 2.24) is 15.2 Å². The fourth-order valence-electron chi connectivity index (χ4n) is 3.06. The van der Waals surface area contributed by atoms with Gasteiger partial charge in [0.15, 0.2) is 5.96 Å². The molecule has 0 amide bonds. The molecule has 142 valence electrons. The van der Waals surface area contributed by atoms with Crippen molar-refractivity contribution in [3.8, 4) is 0 Å². The van der Waals surface area contributed by atoms with E-state index < -0.39 is 0 Å². The number of hydrogen-bond donors (Lipinski definition) is 1. The molecule has 6 heteroatoms. The number of guanidine groups is 1. The maximum atomic E-state index is 4.83. The van der Waals surface area contributed by atoms with Crippen molar-refractivity contribution in [2.75, 3.05) is 20.6 Å². The highest BCUT2D eigenvalue weighted by Gasteiger charge is 2.14. The van der Waals surface area contributed by atoms with Crippen molar-refractivity contribution in [3.63, 3.8) is 0 Å². The quantitative estimate of drug-likeness (QED) is 0.288. The van der Waals surface area contributed by atoms with E-state index in [2.05, 4.69) is 29.6 Å². The van der Waals surface area contributed by atoms with E-state index in [-0.39, 0.29) is 24.0 Å². The second-order valence-electron chi connectivity index (χ2n) is 6.73. The van der Waals surface area contributed by atoms with Crippen molar-refractivity contribution < 1.29 is 0 Å². The normalized spacial score (nSPS) is 13.7. The lowest BCUT2D eigenvalue weighted by Crippen LogP contribution is -2.37. The highest BCUT2D eigenvalue weighted by atomic mass is 127. The van der Waals surface area contributed by atoms with Gasteiger partial charge in [0, 0.05) is 31.9 Å². The van der Waals surface area contributed by atoms with Gasteiger partial charge >= 0.3 is 0 Å². The predicted octanol–water partition coefficient (Wildman–Crippen LogP) is 4.28. The van der Waals surface area contributed by atoms with E-state index in [1.165, 1.54) is 46.8 Å². The Morgan fingerprint density at radius 1 is 1.19 bits per heavy atom. The summed E-state index contributed by atoms with van der Waals surface area (Å²) in [6.07, 6.45) is 7.21. The molecule has 2 aromatic rings. The van der Waals surface area contributed by atoms with Crippen LogP contribution < -0.4 is 5.32 Å². The van der Waals surface area contributed by atoms with Crippen LogP contribution in [0.2, 0.25) is 0 Å². The first-order valence-corrected chi connectivity index (χ1v) is 10.0. The van der Waals surface area contributed by atoms with Gasteiger partial charge in [-0.1, -0.05) is 30.3 Å². The first-order valence-electron chi connectivity index (χ1n) is 9.19. The van der Waals surface area contributed by atoms with Crippen molar-refractivity contribution in [2.45, 2.75) is 45.1 Å². The number of fused-ring (bicyclic) bond motifs is 1. The molecule has 26 heavy (non-hydrogen) atoms. The Kier molecular flexibility index (Phi) is 8.84. The van der Waals surface area contributed by atoms with Gasteiger partial charge in [-0.05, 0) is 37.7 Å². The fourth-order valence-corrected chi connectivity index (χ4v) is 4.26. The summed E-state index contributed by atoms with van der Waals surface area (Å²) >= 11 is 1.93. The minimum atomic E-state index is 0. The number of aliphatic imine (C=N–C) groups is 1. The molecular formula is C20H29IN4S. The molecule has 1 aromatic carbocycles. The molecule has 0 bridgehead atoms. The van der Waals surface area contributed by atoms with E-state index in [0.717, 1.165) is 25.3 Å². The number of benzene rings is 1. The summed E-state index contributed by atoms with van der Waals surface area (Å²) in [6, 6.07) is 10.4. The van der Waals surface area contributed by atoms with Crippen LogP contribution in [0.25, 0.3) is 0 Å². The third-order valence-electron chi connectivity index (χ3n) is 4.42. The summed E-state index contributed by atoms with van der Waals surface area (Å²) in [5.41, 5.74) is 2.61. The van der Waals surface area contributed by atoms with E-state index >= 15 is 0 Å². The lowest BCUT2D eigenvalue weighted by Gasteiger charge is -2.17. The topological polar surface area (TPSA) is 40.5 Å². The molecule has 4 nitrogen and oxygen atoms in total. The zero-order chi connectivity index (χ0) is 17.5. The van der Waals surface area contributed by atoms with E-state index in [0.29, 0.717) is 6.54 Å². The number of aromatic nitrogens is 1. The Morgan fingerprint density at radius 3 is 2.69 bits per heavy atom. The van der Waals surface area contributed by atoms with E-state index in [1.54, 1.807) is 0 Å². The Hall–Kier alpha value is -1.15. The summed E-state index contributed by atoms with van der Waals surface area (Å²) in [7, 11) is 4.07. The monoisotopic (exact) mass is 484 g/mol. The second-order valence-corrected chi connectivity index (χ2v) is 7.90. The minimum Gasteiger partial charge on any atom is -0.356 e. The Bertz CT molecular complexity index is 674. The highest BCUT2D eigenvalue weighted by molar-refractivity contribution is 14.0. The van der Waals surface area contributed by atoms with Gasteiger partial charge in [0.25, 0.3) is 0 Å². The van der Waals surface area contributed by atoms with Gasteiger partial charge in [-0.3, -0.25) is 0 Å². The number of rotatable bonds is 6. The number of nitrogens with one attached hydrogen (secondary N) is 1. The summed E-state index contributed by atoms with van der Waals surface area (Å²) < 4.78 is 0. The Morgan fingerprint density at radius 2 is 1.96 bits per heavy atom. The van der Waals surface area contributed by atoms with Gasteiger partial charge in [0.2, 0.25) is 0 Å². The first-order chi connectivity index (χ1) is 12.2. The van der Waals surface area contributed by atoms with Crippen LogP contribution in [0.5, 0.6) is 0 Å². The van der Waals surface area contributed by atoms with Gasteiger partial charge in [0.05, 0.1) is 17.2 Å². The van der Waals surface area contributed by atoms with Gasteiger partial charge in [0.1, 0.15) is 0 Å². The van der Waals surface area contributed by atoms with Crippen LogP contribution in [0.15, 0.2) is 35.3 Å². The third-order valence-corrected chi connectivity index (χ3v) is 5.64. The summed E-state index contributed by atoms with van der Waals surface area (Å²) in [4.78, 5) is 13.1. The summed E-state index contributed by atoms with van der Waals surface area (Å²) in [5.74, 6) is 0.947. The zero-order valence-electron chi connectivity index (χ0n) is 15.7. The lowest BCUT2D eigenvalue weighted by molar-refractivity contribution is 0.574. The zero-order valence-corrected chi connectivity index (χ0v) is 18.8. The predicted molar refractivity (Wildman–Crippen MR) is 122 cm³/mol. The molecule has 0 saturated heterocycles. The molecule has 0 atom stereocenters. The van der Waals surface area contributed by atoms with Crippen LogP contribution in [0, 0.1) is 0 Å². The van der Waals surface area contributed by atoms with Crippen molar-refractivity contribution in [1.29, 1.82) is 0 Å². The van der Waals surface area contributed by atoms with Crippen LogP contribution in [0.4, 0.5) is 0 Å². The number of hydrogen-bond acceptors (Lipinski definition) is 3. The molecule has 0 spiro atoms. The number of aryl methyl sites for hydroxylation is 3. The molecule has 0 aliphatic heterocycles. The maximum absolute atomic E-state index is 4.83.